The Bertz CT molecular complexity index is 867. The van der Waals surface area contributed by atoms with Gasteiger partial charge in [-0.3, -0.25) is 4.79 Å². The molecule has 1 saturated carbocycles. The van der Waals surface area contributed by atoms with E-state index in [1.54, 1.807) is 10.9 Å². The summed E-state index contributed by atoms with van der Waals surface area (Å²) in [5, 5.41) is 8.16. The first-order valence-corrected chi connectivity index (χ1v) is 8.30. The van der Waals surface area contributed by atoms with Gasteiger partial charge in [-0.05, 0) is 37.1 Å². The molecule has 4 nitrogen and oxygen atoms in total. The van der Waals surface area contributed by atoms with E-state index in [2.05, 4.69) is 10.4 Å². The van der Waals surface area contributed by atoms with Crippen molar-refractivity contribution in [2.24, 2.45) is 0 Å². The standard InChI is InChI=1S/C19H16ClN3O/c20-14-6-10-16(11-7-14)23-18(13-4-2-1-3-5-13)17(12-21-23)19(24)22-15-8-9-15/h1-7,10-12,15H,8-9H2,(H,22,24). The lowest BCUT2D eigenvalue weighted by molar-refractivity contribution is 0.0951. The smallest absolute Gasteiger partial charge is 0.255 e. The lowest BCUT2D eigenvalue weighted by Gasteiger charge is -2.10. The van der Waals surface area contributed by atoms with E-state index in [0.29, 0.717) is 16.6 Å². The van der Waals surface area contributed by atoms with Crippen LogP contribution in [0.3, 0.4) is 0 Å². The summed E-state index contributed by atoms with van der Waals surface area (Å²) in [6.07, 6.45) is 3.74. The van der Waals surface area contributed by atoms with Crippen LogP contribution in [0, 0.1) is 0 Å². The van der Waals surface area contributed by atoms with Gasteiger partial charge in [0.25, 0.3) is 5.91 Å². The molecule has 1 amide bonds. The third-order valence-corrected chi connectivity index (χ3v) is 4.30. The number of carbonyl (C=O) groups excluding carboxylic acids is 1. The quantitative estimate of drug-likeness (QED) is 0.779. The second-order valence-corrected chi connectivity index (χ2v) is 6.35. The van der Waals surface area contributed by atoms with Gasteiger partial charge >= 0.3 is 0 Å². The van der Waals surface area contributed by atoms with E-state index in [-0.39, 0.29) is 5.91 Å². The highest BCUT2D eigenvalue weighted by atomic mass is 35.5. The minimum Gasteiger partial charge on any atom is -0.349 e. The number of hydrogen-bond acceptors (Lipinski definition) is 2. The highest BCUT2D eigenvalue weighted by Gasteiger charge is 2.27. The SMILES string of the molecule is O=C(NC1CC1)c1cnn(-c2ccc(Cl)cc2)c1-c1ccccc1. The maximum absolute atomic E-state index is 12.6. The second kappa shape index (κ2) is 6.13. The van der Waals surface area contributed by atoms with Crippen molar-refractivity contribution in [3.8, 4) is 16.9 Å². The Morgan fingerprint density at radius 1 is 1.08 bits per heavy atom. The van der Waals surface area contributed by atoms with Crippen LogP contribution in [0.2, 0.25) is 5.02 Å². The van der Waals surface area contributed by atoms with Crippen molar-refractivity contribution in [1.82, 2.24) is 15.1 Å². The summed E-state index contributed by atoms with van der Waals surface area (Å²) in [5.74, 6) is -0.0726. The first kappa shape index (κ1) is 15.0. The predicted octanol–water partition coefficient (Wildman–Crippen LogP) is 4.08. The van der Waals surface area contributed by atoms with Crippen LogP contribution in [0.15, 0.2) is 60.8 Å². The monoisotopic (exact) mass is 337 g/mol. The number of benzene rings is 2. The molecule has 0 aliphatic heterocycles. The van der Waals surface area contributed by atoms with Gasteiger partial charge in [0.1, 0.15) is 0 Å². The van der Waals surface area contributed by atoms with Gasteiger partial charge in [-0.1, -0.05) is 41.9 Å². The Morgan fingerprint density at radius 3 is 2.46 bits per heavy atom. The van der Waals surface area contributed by atoms with Gasteiger partial charge in [-0.25, -0.2) is 4.68 Å². The summed E-state index contributed by atoms with van der Waals surface area (Å²) in [5.41, 5.74) is 3.19. The van der Waals surface area contributed by atoms with Crippen LogP contribution in [0.5, 0.6) is 0 Å². The molecule has 0 bridgehead atoms. The summed E-state index contributed by atoms with van der Waals surface area (Å²) in [7, 11) is 0. The molecule has 4 rings (SSSR count). The molecule has 24 heavy (non-hydrogen) atoms. The predicted molar refractivity (Wildman–Crippen MR) is 94.5 cm³/mol. The van der Waals surface area contributed by atoms with Crippen molar-refractivity contribution in [2.75, 3.05) is 0 Å². The van der Waals surface area contributed by atoms with Crippen LogP contribution in [0.25, 0.3) is 16.9 Å². The number of rotatable bonds is 4. The number of aromatic nitrogens is 2. The fraction of sp³-hybridized carbons (Fsp3) is 0.158. The number of halogens is 1. The van der Waals surface area contributed by atoms with Crippen LogP contribution in [-0.4, -0.2) is 21.7 Å². The molecule has 0 radical (unpaired) electrons. The number of nitrogens with zero attached hydrogens (tertiary/aromatic N) is 2. The van der Waals surface area contributed by atoms with Gasteiger partial charge in [-0.15, -0.1) is 0 Å². The number of nitrogens with one attached hydrogen (secondary N) is 1. The Hall–Kier alpha value is -2.59. The Morgan fingerprint density at radius 2 is 1.79 bits per heavy atom. The molecule has 1 N–H and O–H groups in total. The van der Waals surface area contributed by atoms with E-state index in [1.807, 2.05) is 54.6 Å². The fourth-order valence-electron chi connectivity index (χ4n) is 2.66. The van der Waals surface area contributed by atoms with Crippen molar-refractivity contribution in [2.45, 2.75) is 18.9 Å². The number of hydrogen-bond donors (Lipinski definition) is 1. The normalized spacial score (nSPS) is 13.7. The zero-order chi connectivity index (χ0) is 16.5. The Balaban J connectivity index is 1.83. The molecule has 120 valence electrons. The molecular weight excluding hydrogens is 322 g/mol. The summed E-state index contributed by atoms with van der Waals surface area (Å²) >= 11 is 5.98. The van der Waals surface area contributed by atoms with Crippen molar-refractivity contribution in [3.05, 3.63) is 71.4 Å². The third-order valence-electron chi connectivity index (χ3n) is 4.04. The van der Waals surface area contributed by atoms with Crippen LogP contribution in [0.1, 0.15) is 23.2 Å². The molecule has 2 aromatic carbocycles. The van der Waals surface area contributed by atoms with Crippen molar-refractivity contribution in [1.29, 1.82) is 0 Å². The maximum Gasteiger partial charge on any atom is 0.255 e. The van der Waals surface area contributed by atoms with E-state index in [1.165, 1.54) is 0 Å². The van der Waals surface area contributed by atoms with E-state index < -0.39 is 0 Å². The van der Waals surface area contributed by atoms with Gasteiger partial charge in [0.2, 0.25) is 0 Å². The highest BCUT2D eigenvalue weighted by molar-refractivity contribution is 6.30. The van der Waals surface area contributed by atoms with Crippen molar-refractivity contribution in [3.63, 3.8) is 0 Å². The lowest BCUT2D eigenvalue weighted by Crippen LogP contribution is -2.25. The van der Waals surface area contributed by atoms with Crippen LogP contribution >= 0.6 is 11.6 Å². The van der Waals surface area contributed by atoms with Gasteiger partial charge in [0, 0.05) is 16.6 Å². The maximum atomic E-state index is 12.6. The molecule has 1 heterocycles. The van der Waals surface area contributed by atoms with E-state index in [9.17, 15) is 4.79 Å². The Labute approximate surface area is 145 Å². The first-order valence-electron chi connectivity index (χ1n) is 7.92. The molecule has 0 unspecified atom stereocenters. The zero-order valence-electron chi connectivity index (χ0n) is 12.9. The molecule has 1 aromatic heterocycles. The molecule has 1 aliphatic carbocycles. The van der Waals surface area contributed by atoms with E-state index >= 15 is 0 Å². The van der Waals surface area contributed by atoms with Crippen LogP contribution in [0.4, 0.5) is 0 Å². The minimum absolute atomic E-state index is 0.0726. The zero-order valence-corrected chi connectivity index (χ0v) is 13.7. The first-order chi connectivity index (χ1) is 11.7. The van der Waals surface area contributed by atoms with Gasteiger partial charge in [-0.2, -0.15) is 5.10 Å². The third kappa shape index (κ3) is 2.93. The van der Waals surface area contributed by atoms with Gasteiger partial charge in [0.15, 0.2) is 0 Å². The van der Waals surface area contributed by atoms with Crippen LogP contribution < -0.4 is 5.32 Å². The summed E-state index contributed by atoms with van der Waals surface area (Å²) in [6, 6.07) is 17.6. The molecule has 3 aromatic rings. The molecule has 1 fully saturated rings. The van der Waals surface area contributed by atoms with Crippen LogP contribution in [-0.2, 0) is 0 Å². The lowest BCUT2D eigenvalue weighted by atomic mass is 10.1. The number of amides is 1. The van der Waals surface area contributed by atoms with E-state index in [0.717, 1.165) is 29.8 Å². The summed E-state index contributed by atoms with van der Waals surface area (Å²) < 4.78 is 1.79. The second-order valence-electron chi connectivity index (χ2n) is 5.91. The largest absolute Gasteiger partial charge is 0.349 e. The van der Waals surface area contributed by atoms with Gasteiger partial charge in [0.05, 0.1) is 23.1 Å². The Kier molecular flexibility index (Phi) is 3.82. The topological polar surface area (TPSA) is 46.9 Å². The average molecular weight is 338 g/mol. The van der Waals surface area contributed by atoms with E-state index in [4.69, 9.17) is 11.6 Å². The fourth-order valence-corrected chi connectivity index (χ4v) is 2.78. The molecular formula is C19H16ClN3O. The number of carbonyl (C=O) groups is 1. The van der Waals surface area contributed by atoms with Crippen molar-refractivity contribution >= 4 is 17.5 Å². The minimum atomic E-state index is -0.0726. The summed E-state index contributed by atoms with van der Waals surface area (Å²) in [4.78, 5) is 12.6. The summed E-state index contributed by atoms with van der Waals surface area (Å²) in [6.45, 7) is 0. The highest BCUT2D eigenvalue weighted by Crippen LogP contribution is 2.28. The van der Waals surface area contributed by atoms with Crippen molar-refractivity contribution < 1.29 is 4.79 Å². The molecule has 1 aliphatic rings. The van der Waals surface area contributed by atoms with Gasteiger partial charge < -0.3 is 5.32 Å². The average Bonchev–Trinajstić information content (AvgIpc) is 3.31. The molecule has 0 atom stereocenters. The molecule has 0 saturated heterocycles. The molecule has 0 spiro atoms. The molecule has 5 heteroatoms.